The van der Waals surface area contributed by atoms with Gasteiger partial charge in [-0.2, -0.15) is 0 Å². The van der Waals surface area contributed by atoms with Crippen LogP contribution in [0.25, 0.3) is 0 Å². The van der Waals surface area contributed by atoms with Crippen LogP contribution in [0, 0.1) is 0 Å². The van der Waals surface area contributed by atoms with Gasteiger partial charge in [-0.05, 0) is 45.1 Å². The van der Waals surface area contributed by atoms with Gasteiger partial charge >= 0.3 is 0 Å². The molecular weight excluding hydrogens is 288 g/mol. The van der Waals surface area contributed by atoms with E-state index in [1.807, 2.05) is 17.5 Å². The van der Waals surface area contributed by atoms with Crippen LogP contribution in [-0.4, -0.2) is 10.1 Å². The molecule has 2 heterocycles. The van der Waals surface area contributed by atoms with Gasteiger partial charge in [-0.15, -0.1) is 11.3 Å². The number of halogens is 1. The minimum Gasteiger partial charge on any atom is -0.387 e. The Labute approximate surface area is 106 Å². The fraction of sp³-hybridized carbons (Fsp3) is 0.182. The average Bonchev–Trinajstić information content (AvgIpc) is 2.64. The molecule has 2 rings (SSSR count). The Morgan fingerprint density at radius 3 is 2.94 bits per heavy atom. The predicted octanol–water partition coefficient (Wildman–Crippen LogP) is 2.76. The number of nitrogen functional groups attached to an aromatic ring is 1. The number of hydrogen-bond donors (Lipinski definition) is 2. The molecule has 3 nitrogen and oxygen atoms in total. The van der Waals surface area contributed by atoms with Gasteiger partial charge in [-0.25, -0.2) is 4.98 Å². The number of aromatic nitrogens is 1. The monoisotopic (exact) mass is 298 g/mol. The maximum Gasteiger partial charge on any atom is 0.123 e. The van der Waals surface area contributed by atoms with Crippen LogP contribution in [0.3, 0.4) is 0 Å². The van der Waals surface area contributed by atoms with Crippen LogP contribution in [0.15, 0.2) is 34.2 Å². The van der Waals surface area contributed by atoms with Crippen molar-refractivity contribution in [3.05, 3.63) is 44.7 Å². The second-order valence-corrected chi connectivity index (χ2v) is 5.24. The number of anilines is 1. The summed E-state index contributed by atoms with van der Waals surface area (Å²) >= 11 is 4.95. The van der Waals surface area contributed by atoms with Crippen LogP contribution in [0.4, 0.5) is 5.82 Å². The molecule has 16 heavy (non-hydrogen) atoms. The third-order valence-corrected chi connectivity index (χ3v) is 4.19. The van der Waals surface area contributed by atoms with Crippen molar-refractivity contribution in [2.45, 2.75) is 12.5 Å². The van der Waals surface area contributed by atoms with E-state index in [1.165, 1.54) is 11.3 Å². The van der Waals surface area contributed by atoms with Gasteiger partial charge in [-0.3, -0.25) is 0 Å². The van der Waals surface area contributed by atoms with Crippen LogP contribution in [0.2, 0.25) is 0 Å². The number of hydrogen-bond acceptors (Lipinski definition) is 4. The molecule has 0 aliphatic heterocycles. The normalized spacial score (nSPS) is 12.6. The highest BCUT2D eigenvalue weighted by Crippen LogP contribution is 2.30. The third-order valence-electron chi connectivity index (χ3n) is 2.22. The zero-order chi connectivity index (χ0) is 11.5. The van der Waals surface area contributed by atoms with Crippen LogP contribution < -0.4 is 5.73 Å². The molecule has 0 spiro atoms. The molecule has 84 valence electrons. The van der Waals surface area contributed by atoms with E-state index in [2.05, 4.69) is 20.9 Å². The number of nitrogens with two attached hydrogens (primary N) is 1. The predicted molar refractivity (Wildman–Crippen MR) is 69.3 cm³/mol. The molecule has 0 aliphatic carbocycles. The second kappa shape index (κ2) is 4.95. The zero-order valence-corrected chi connectivity index (χ0v) is 10.8. The lowest BCUT2D eigenvalue weighted by atomic mass is 10.1. The Kier molecular flexibility index (Phi) is 3.58. The van der Waals surface area contributed by atoms with Crippen molar-refractivity contribution in [3.63, 3.8) is 0 Å². The molecule has 0 fully saturated rings. The number of nitrogens with zero attached hydrogens (tertiary/aromatic N) is 1. The van der Waals surface area contributed by atoms with Crippen LogP contribution in [0.1, 0.15) is 16.5 Å². The first-order valence-corrected chi connectivity index (χ1v) is 6.45. The highest BCUT2D eigenvalue weighted by molar-refractivity contribution is 9.10. The molecule has 2 aromatic heterocycles. The highest BCUT2D eigenvalue weighted by atomic mass is 79.9. The van der Waals surface area contributed by atoms with Gasteiger partial charge < -0.3 is 10.8 Å². The molecule has 0 aliphatic rings. The molecule has 0 amide bonds. The molecule has 0 aromatic carbocycles. The van der Waals surface area contributed by atoms with Gasteiger partial charge in [0.1, 0.15) is 5.82 Å². The number of aliphatic hydroxyl groups excluding tert-OH is 1. The summed E-state index contributed by atoms with van der Waals surface area (Å²) in [6.07, 6.45) is 1.70. The molecule has 5 heteroatoms. The van der Waals surface area contributed by atoms with Crippen LogP contribution in [-0.2, 0) is 6.42 Å². The molecule has 0 saturated carbocycles. The molecule has 2 aromatic rings. The number of thiophene rings is 1. The van der Waals surface area contributed by atoms with Crippen molar-refractivity contribution >= 4 is 33.1 Å². The summed E-state index contributed by atoms with van der Waals surface area (Å²) < 4.78 is 0.951. The van der Waals surface area contributed by atoms with Crippen LogP contribution in [0.5, 0.6) is 0 Å². The smallest absolute Gasteiger partial charge is 0.123 e. The van der Waals surface area contributed by atoms with E-state index in [0.717, 1.165) is 14.9 Å². The van der Waals surface area contributed by atoms with Crippen molar-refractivity contribution in [2.75, 3.05) is 5.73 Å². The Balaban J connectivity index is 2.14. The lowest BCUT2D eigenvalue weighted by Crippen LogP contribution is -2.01. The molecule has 1 atom stereocenters. The summed E-state index contributed by atoms with van der Waals surface area (Å²) in [6.45, 7) is 0. The molecule has 1 unspecified atom stereocenters. The lowest BCUT2D eigenvalue weighted by molar-refractivity contribution is 0.181. The largest absolute Gasteiger partial charge is 0.387 e. The first-order chi connectivity index (χ1) is 7.66. The van der Waals surface area contributed by atoms with E-state index >= 15 is 0 Å². The number of aliphatic hydroxyl groups is 1. The van der Waals surface area contributed by atoms with E-state index in [1.54, 1.807) is 12.3 Å². The summed E-state index contributed by atoms with van der Waals surface area (Å²) in [5.74, 6) is 0.481. The van der Waals surface area contributed by atoms with E-state index in [4.69, 9.17) is 5.73 Å². The minimum absolute atomic E-state index is 0.481. The van der Waals surface area contributed by atoms with E-state index in [-0.39, 0.29) is 0 Å². The Hall–Kier alpha value is -0.910. The van der Waals surface area contributed by atoms with Crippen molar-refractivity contribution in [1.82, 2.24) is 4.98 Å². The fourth-order valence-corrected chi connectivity index (χ4v) is 3.10. The van der Waals surface area contributed by atoms with Gasteiger partial charge in [0.05, 0.1) is 6.10 Å². The summed E-state index contributed by atoms with van der Waals surface area (Å²) in [5.41, 5.74) is 6.57. The zero-order valence-electron chi connectivity index (χ0n) is 8.43. The first-order valence-electron chi connectivity index (χ1n) is 4.78. The average molecular weight is 299 g/mol. The topological polar surface area (TPSA) is 59.1 Å². The van der Waals surface area contributed by atoms with Gasteiger partial charge in [0, 0.05) is 22.0 Å². The van der Waals surface area contributed by atoms with Gasteiger partial charge in [-0.1, -0.05) is 0 Å². The Bertz CT molecular complexity index is 486. The van der Waals surface area contributed by atoms with E-state index in [9.17, 15) is 5.11 Å². The number of pyridine rings is 1. The molecule has 3 N–H and O–H groups in total. The van der Waals surface area contributed by atoms with Crippen molar-refractivity contribution in [1.29, 1.82) is 0 Å². The SMILES string of the molecule is Nc1cc(CC(O)c2sccc2Br)ccn1. The Morgan fingerprint density at radius 1 is 1.50 bits per heavy atom. The summed E-state index contributed by atoms with van der Waals surface area (Å²) in [7, 11) is 0. The molecule has 0 bridgehead atoms. The van der Waals surface area contributed by atoms with Crippen LogP contribution >= 0.6 is 27.3 Å². The maximum atomic E-state index is 10.1. The molecular formula is C11H11BrN2OS. The summed E-state index contributed by atoms with van der Waals surface area (Å²) in [5, 5.41) is 12.0. The van der Waals surface area contributed by atoms with Gasteiger partial charge in [0.15, 0.2) is 0 Å². The number of rotatable bonds is 3. The quantitative estimate of drug-likeness (QED) is 0.916. The molecule has 0 saturated heterocycles. The van der Waals surface area contributed by atoms with E-state index in [0.29, 0.717) is 12.2 Å². The highest BCUT2D eigenvalue weighted by Gasteiger charge is 2.13. The summed E-state index contributed by atoms with van der Waals surface area (Å²) in [4.78, 5) is 4.86. The first kappa shape index (κ1) is 11.6. The van der Waals surface area contributed by atoms with Crippen molar-refractivity contribution in [3.8, 4) is 0 Å². The van der Waals surface area contributed by atoms with Gasteiger partial charge in [0.25, 0.3) is 0 Å². The standard InChI is InChI=1S/C11H11BrN2OS/c12-8-2-4-16-11(8)9(15)5-7-1-3-14-10(13)6-7/h1-4,6,9,15H,5H2,(H2,13,14). The minimum atomic E-state index is -0.504. The van der Waals surface area contributed by atoms with Crippen molar-refractivity contribution in [2.24, 2.45) is 0 Å². The lowest BCUT2D eigenvalue weighted by Gasteiger charge is -2.09. The van der Waals surface area contributed by atoms with Gasteiger partial charge in [0.2, 0.25) is 0 Å². The second-order valence-electron chi connectivity index (χ2n) is 3.44. The molecule has 0 radical (unpaired) electrons. The fourth-order valence-electron chi connectivity index (χ4n) is 1.48. The third kappa shape index (κ3) is 2.61. The maximum absolute atomic E-state index is 10.1. The Morgan fingerprint density at radius 2 is 2.31 bits per heavy atom. The van der Waals surface area contributed by atoms with E-state index < -0.39 is 6.10 Å². The summed E-state index contributed by atoms with van der Waals surface area (Å²) in [6, 6.07) is 5.58. The van der Waals surface area contributed by atoms with Crippen molar-refractivity contribution < 1.29 is 5.11 Å².